The summed E-state index contributed by atoms with van der Waals surface area (Å²) in [7, 11) is 2.87. The van der Waals surface area contributed by atoms with Gasteiger partial charge in [0.2, 0.25) is 0 Å². The fourth-order valence-corrected chi connectivity index (χ4v) is 2.68. The second-order valence-electron chi connectivity index (χ2n) is 6.45. The first kappa shape index (κ1) is 21.4. The van der Waals surface area contributed by atoms with Gasteiger partial charge < -0.3 is 9.08 Å². The van der Waals surface area contributed by atoms with E-state index in [1.54, 1.807) is 30.4 Å². The highest BCUT2D eigenvalue weighted by Gasteiger charge is 2.15. The van der Waals surface area contributed by atoms with Gasteiger partial charge in [0.25, 0.3) is 0 Å². The second-order valence-corrected chi connectivity index (χ2v) is 8.21. The molecule has 0 aromatic heterocycles. The highest BCUT2D eigenvalue weighted by Crippen LogP contribution is 2.18. The molecule has 0 fully saturated rings. The minimum Gasteiger partial charge on any atom is -0.378 e. The van der Waals surface area contributed by atoms with Crippen LogP contribution in [0.15, 0.2) is 60.7 Å². The molecule has 0 saturated heterocycles. The maximum atomic E-state index is 12.1. The molecule has 0 radical (unpaired) electrons. The van der Waals surface area contributed by atoms with Crippen LogP contribution in [0.25, 0.3) is 12.2 Å². The van der Waals surface area contributed by atoms with Crippen LogP contribution in [0.3, 0.4) is 0 Å². The normalized spacial score (nSPS) is 12.0. The van der Waals surface area contributed by atoms with Crippen LogP contribution < -0.4 is 9.08 Å². The second kappa shape index (κ2) is 9.34. The Morgan fingerprint density at radius 3 is 2.04 bits per heavy atom. The summed E-state index contributed by atoms with van der Waals surface area (Å²) < 4.78 is 29.6. The van der Waals surface area contributed by atoms with Crippen LogP contribution in [0, 0.1) is 0 Å². The van der Waals surface area contributed by atoms with Crippen LogP contribution in [0.1, 0.15) is 11.1 Å². The third kappa shape index (κ3) is 6.37. The number of benzene rings is 2. The summed E-state index contributed by atoms with van der Waals surface area (Å²) in [4.78, 5) is 14.1. The lowest BCUT2D eigenvalue weighted by Gasteiger charge is -2.12. The Balaban J connectivity index is 2.06. The predicted molar refractivity (Wildman–Crippen MR) is 114 cm³/mol. The lowest BCUT2D eigenvalue weighted by molar-refractivity contribution is -0.110. The SMILES string of the molecule is CN(C)c1cccc(C=CC(=O)C=Cc2cccc(OS(=O)(=O)N(C)C)c2)c1. The number of anilines is 1. The Morgan fingerprint density at radius 2 is 1.46 bits per heavy atom. The molecule has 28 heavy (non-hydrogen) atoms. The van der Waals surface area contributed by atoms with Crippen molar-refractivity contribution in [3.05, 3.63) is 71.8 Å². The molecule has 0 unspecified atom stereocenters. The zero-order valence-electron chi connectivity index (χ0n) is 16.4. The van der Waals surface area contributed by atoms with Gasteiger partial charge in [-0.15, -0.1) is 0 Å². The van der Waals surface area contributed by atoms with E-state index in [1.165, 1.54) is 32.3 Å². The first-order chi connectivity index (χ1) is 13.2. The fraction of sp³-hybridized carbons (Fsp3) is 0.190. The third-order valence-corrected chi connectivity index (χ3v) is 5.07. The quantitative estimate of drug-likeness (QED) is 0.637. The first-order valence-electron chi connectivity index (χ1n) is 8.57. The molecule has 0 aliphatic carbocycles. The molecular weight excluding hydrogens is 376 g/mol. The number of rotatable bonds is 8. The average molecular weight is 401 g/mol. The summed E-state index contributed by atoms with van der Waals surface area (Å²) in [6.07, 6.45) is 6.27. The Kier molecular flexibility index (Phi) is 7.14. The van der Waals surface area contributed by atoms with Crippen molar-refractivity contribution >= 4 is 33.9 Å². The summed E-state index contributed by atoms with van der Waals surface area (Å²) in [6, 6.07) is 14.3. The van der Waals surface area contributed by atoms with Crippen molar-refractivity contribution in [1.82, 2.24) is 4.31 Å². The zero-order chi connectivity index (χ0) is 20.7. The lowest BCUT2D eigenvalue weighted by atomic mass is 10.1. The van der Waals surface area contributed by atoms with E-state index in [-0.39, 0.29) is 11.5 Å². The van der Waals surface area contributed by atoms with Crippen LogP contribution in [-0.2, 0) is 15.1 Å². The number of carbonyl (C=O) groups excluding carboxylic acids is 1. The molecule has 0 bridgehead atoms. The molecular formula is C21H24N2O4S. The van der Waals surface area contributed by atoms with Crippen LogP contribution >= 0.6 is 0 Å². The highest BCUT2D eigenvalue weighted by molar-refractivity contribution is 7.84. The van der Waals surface area contributed by atoms with Gasteiger partial charge in [-0.25, -0.2) is 0 Å². The topological polar surface area (TPSA) is 66.9 Å². The van der Waals surface area contributed by atoms with Gasteiger partial charge in [0.1, 0.15) is 5.75 Å². The molecule has 0 spiro atoms. The third-order valence-electron chi connectivity index (χ3n) is 3.77. The molecule has 0 N–H and O–H groups in total. The molecule has 0 amide bonds. The van der Waals surface area contributed by atoms with Crippen LogP contribution in [0.2, 0.25) is 0 Å². The molecule has 0 aliphatic heterocycles. The molecule has 0 heterocycles. The zero-order valence-corrected chi connectivity index (χ0v) is 17.2. The van der Waals surface area contributed by atoms with E-state index < -0.39 is 10.3 Å². The van der Waals surface area contributed by atoms with Crippen molar-refractivity contribution in [3.63, 3.8) is 0 Å². The minimum atomic E-state index is -3.82. The number of allylic oxidation sites excluding steroid dienone is 2. The summed E-state index contributed by atoms with van der Waals surface area (Å²) in [5, 5.41) is 0. The van der Waals surface area contributed by atoms with E-state index in [1.807, 2.05) is 43.3 Å². The van der Waals surface area contributed by atoms with Crippen LogP contribution in [0.5, 0.6) is 5.75 Å². The Morgan fingerprint density at radius 1 is 0.893 bits per heavy atom. The molecule has 7 heteroatoms. The van der Waals surface area contributed by atoms with Crippen molar-refractivity contribution in [2.24, 2.45) is 0 Å². The van der Waals surface area contributed by atoms with Crippen LogP contribution in [-0.4, -0.2) is 46.7 Å². The molecule has 148 valence electrons. The smallest absolute Gasteiger partial charge is 0.378 e. The maximum Gasteiger partial charge on any atom is 0.384 e. The van der Waals surface area contributed by atoms with E-state index in [4.69, 9.17) is 4.18 Å². The van der Waals surface area contributed by atoms with E-state index in [2.05, 4.69) is 0 Å². The van der Waals surface area contributed by atoms with E-state index in [9.17, 15) is 13.2 Å². The van der Waals surface area contributed by atoms with Gasteiger partial charge in [-0.05, 0) is 47.5 Å². The van der Waals surface area contributed by atoms with Gasteiger partial charge in [0, 0.05) is 33.9 Å². The predicted octanol–water partition coefficient (Wildman–Crippen LogP) is 3.23. The molecule has 2 aromatic carbocycles. The Labute approximate surface area is 166 Å². The first-order valence-corrected chi connectivity index (χ1v) is 9.93. The van der Waals surface area contributed by atoms with Gasteiger partial charge in [-0.1, -0.05) is 36.4 Å². The van der Waals surface area contributed by atoms with Gasteiger partial charge >= 0.3 is 10.3 Å². The van der Waals surface area contributed by atoms with Gasteiger partial charge in [-0.2, -0.15) is 12.7 Å². The Bertz CT molecular complexity index is 993. The summed E-state index contributed by atoms with van der Waals surface area (Å²) in [5.74, 6) is 0.00170. The number of hydrogen-bond donors (Lipinski definition) is 0. The highest BCUT2D eigenvalue weighted by atomic mass is 32.2. The minimum absolute atomic E-state index is 0.178. The van der Waals surface area contributed by atoms with Crippen molar-refractivity contribution in [2.45, 2.75) is 0 Å². The van der Waals surface area contributed by atoms with E-state index in [0.29, 0.717) is 5.56 Å². The van der Waals surface area contributed by atoms with E-state index in [0.717, 1.165) is 15.6 Å². The largest absolute Gasteiger partial charge is 0.384 e. The average Bonchev–Trinajstić information content (AvgIpc) is 2.64. The molecule has 2 rings (SSSR count). The molecule has 0 atom stereocenters. The summed E-state index contributed by atoms with van der Waals surface area (Å²) >= 11 is 0. The molecule has 0 aliphatic rings. The van der Waals surface area contributed by atoms with Crippen molar-refractivity contribution in [2.75, 3.05) is 33.1 Å². The number of ketones is 1. The van der Waals surface area contributed by atoms with Gasteiger partial charge in [0.05, 0.1) is 0 Å². The molecule has 0 saturated carbocycles. The standard InChI is InChI=1S/C21H24N2O4S/c1-22(2)19-9-5-7-17(15-19)11-13-20(24)14-12-18-8-6-10-21(16-18)27-28(25,26)23(3)4/h5-16H,1-4H3. The van der Waals surface area contributed by atoms with Crippen LogP contribution in [0.4, 0.5) is 5.69 Å². The van der Waals surface area contributed by atoms with Gasteiger partial charge in [0.15, 0.2) is 5.78 Å². The maximum absolute atomic E-state index is 12.1. The molecule has 6 nitrogen and oxygen atoms in total. The monoisotopic (exact) mass is 400 g/mol. The van der Waals surface area contributed by atoms with Crippen molar-refractivity contribution < 1.29 is 17.4 Å². The fourth-order valence-electron chi connectivity index (χ4n) is 2.19. The number of hydrogen-bond acceptors (Lipinski definition) is 5. The van der Waals surface area contributed by atoms with Gasteiger partial charge in [-0.3, -0.25) is 4.79 Å². The van der Waals surface area contributed by atoms with E-state index >= 15 is 0 Å². The lowest BCUT2D eigenvalue weighted by Crippen LogP contribution is -2.27. The summed E-state index contributed by atoms with van der Waals surface area (Å²) in [5.41, 5.74) is 2.63. The Hall–Kier alpha value is -2.90. The number of carbonyl (C=O) groups is 1. The van der Waals surface area contributed by atoms with Crippen molar-refractivity contribution in [1.29, 1.82) is 0 Å². The summed E-state index contributed by atoms with van der Waals surface area (Å²) in [6.45, 7) is 0. The molecule has 2 aromatic rings. The van der Waals surface area contributed by atoms with Crippen molar-refractivity contribution in [3.8, 4) is 5.75 Å². The number of nitrogens with zero attached hydrogens (tertiary/aromatic N) is 2.